The zero-order chi connectivity index (χ0) is 23.5. The van der Waals surface area contributed by atoms with Crippen LogP contribution >= 0.6 is 0 Å². The third kappa shape index (κ3) is 3.34. The molecule has 0 fully saturated rings. The Morgan fingerprint density at radius 3 is 2.42 bits per heavy atom. The van der Waals surface area contributed by atoms with Crippen molar-refractivity contribution < 1.29 is 13.6 Å². The molecule has 33 heavy (non-hydrogen) atoms. The fraction of sp³-hybridized carbons (Fsp3) is 0.208. The van der Waals surface area contributed by atoms with Gasteiger partial charge in [-0.25, -0.2) is 8.78 Å². The van der Waals surface area contributed by atoms with Gasteiger partial charge in [0, 0.05) is 34.7 Å². The number of benzene rings is 2. The molecule has 0 unspecified atom stereocenters. The number of halogens is 2. The van der Waals surface area contributed by atoms with Crippen molar-refractivity contribution in [2.24, 2.45) is 0 Å². The molecule has 0 aliphatic carbocycles. The Morgan fingerprint density at radius 2 is 1.76 bits per heavy atom. The third-order valence-electron chi connectivity index (χ3n) is 5.97. The maximum absolute atomic E-state index is 15.2. The first-order chi connectivity index (χ1) is 15.7. The van der Waals surface area contributed by atoms with Crippen LogP contribution in [0.2, 0.25) is 0 Å². The number of hydrogen-bond acceptors (Lipinski definition) is 3. The molecule has 2 aromatic heterocycles. The van der Waals surface area contributed by atoms with Crippen LogP contribution in [0.1, 0.15) is 41.5 Å². The van der Waals surface area contributed by atoms with Gasteiger partial charge in [0.05, 0.1) is 39.0 Å². The van der Waals surface area contributed by atoms with Gasteiger partial charge in [0.1, 0.15) is 11.6 Å². The van der Waals surface area contributed by atoms with Crippen molar-refractivity contribution in [2.75, 3.05) is 0 Å². The highest BCUT2D eigenvalue weighted by molar-refractivity contribution is 6.42. The highest BCUT2D eigenvalue weighted by Crippen LogP contribution is 2.36. The van der Waals surface area contributed by atoms with E-state index in [1.54, 1.807) is 18.2 Å². The molecule has 5 nitrogen and oxygen atoms in total. The molecule has 1 aliphatic heterocycles. The van der Waals surface area contributed by atoms with Crippen LogP contribution in [0.5, 0.6) is 0 Å². The number of carbonyl (C=O) groups excluding carboxylic acids is 1. The summed E-state index contributed by atoms with van der Waals surface area (Å²) in [4.78, 5) is 17.9. The predicted octanol–water partition coefficient (Wildman–Crippen LogP) is 4.06. The van der Waals surface area contributed by atoms with E-state index in [1.807, 2.05) is 30.8 Å². The first kappa shape index (κ1) is 21.4. The van der Waals surface area contributed by atoms with E-state index in [2.05, 4.69) is 10.1 Å². The van der Waals surface area contributed by atoms with Gasteiger partial charge >= 0.3 is 0 Å². The summed E-state index contributed by atoms with van der Waals surface area (Å²) in [6.07, 6.45) is 3.32. The molecule has 0 bridgehead atoms. The van der Waals surface area contributed by atoms with E-state index >= 15 is 8.78 Å². The van der Waals surface area contributed by atoms with Gasteiger partial charge in [-0.2, -0.15) is 5.10 Å². The predicted molar refractivity (Wildman–Crippen MR) is 123 cm³/mol. The second-order valence-corrected chi connectivity index (χ2v) is 8.48. The van der Waals surface area contributed by atoms with Crippen molar-refractivity contribution in [3.8, 4) is 11.1 Å². The SMILES string of the molecule is [B]C1([B])c2ncccc2C(=O)N1Cc1c(F)cc(-c2cccc3nn(C(C)C)cc23)cc1F. The molecule has 160 valence electrons. The normalized spacial score (nSPS) is 14.9. The maximum Gasteiger partial charge on any atom is 0.255 e. The summed E-state index contributed by atoms with van der Waals surface area (Å²) >= 11 is 0. The van der Waals surface area contributed by atoms with Crippen LogP contribution in [0.3, 0.4) is 0 Å². The highest BCUT2D eigenvalue weighted by Gasteiger charge is 2.43. The van der Waals surface area contributed by atoms with E-state index in [0.29, 0.717) is 11.1 Å². The van der Waals surface area contributed by atoms with E-state index in [9.17, 15) is 4.79 Å². The summed E-state index contributed by atoms with van der Waals surface area (Å²) in [5, 5.41) is 3.54. The minimum atomic E-state index is -1.78. The molecule has 9 heteroatoms. The minimum Gasteiger partial charge on any atom is -0.340 e. The molecular weight excluding hydrogens is 420 g/mol. The van der Waals surface area contributed by atoms with Crippen molar-refractivity contribution >= 4 is 32.5 Å². The largest absolute Gasteiger partial charge is 0.340 e. The number of hydrogen-bond donors (Lipinski definition) is 0. The summed E-state index contributed by atoms with van der Waals surface area (Å²) in [5.74, 6) is -2.13. The maximum atomic E-state index is 15.2. The van der Waals surface area contributed by atoms with Crippen molar-refractivity contribution in [1.82, 2.24) is 19.7 Å². The van der Waals surface area contributed by atoms with E-state index in [1.165, 1.54) is 24.4 Å². The number of amides is 1. The molecule has 2 aromatic carbocycles. The van der Waals surface area contributed by atoms with Crippen LogP contribution < -0.4 is 0 Å². The minimum absolute atomic E-state index is 0.144. The second-order valence-electron chi connectivity index (χ2n) is 8.48. The lowest BCUT2D eigenvalue weighted by Crippen LogP contribution is -2.45. The molecule has 0 spiro atoms. The van der Waals surface area contributed by atoms with Crippen molar-refractivity contribution in [2.45, 2.75) is 31.8 Å². The Labute approximate surface area is 192 Å². The molecule has 1 amide bonds. The lowest BCUT2D eigenvalue weighted by molar-refractivity contribution is 0.0727. The molecule has 0 atom stereocenters. The van der Waals surface area contributed by atoms with Gasteiger partial charge in [-0.15, -0.1) is 0 Å². The summed E-state index contributed by atoms with van der Waals surface area (Å²) in [6, 6.07) is 11.2. The van der Waals surface area contributed by atoms with E-state index < -0.39 is 29.4 Å². The summed E-state index contributed by atoms with van der Waals surface area (Å²) in [6.45, 7) is 3.57. The molecule has 1 aliphatic rings. The van der Waals surface area contributed by atoms with Crippen molar-refractivity contribution in [3.63, 3.8) is 0 Å². The van der Waals surface area contributed by atoms with Crippen LogP contribution in [0, 0.1) is 11.6 Å². The third-order valence-corrected chi connectivity index (χ3v) is 5.97. The Hall–Kier alpha value is -3.48. The van der Waals surface area contributed by atoms with Gasteiger partial charge in [-0.05, 0) is 55.3 Å². The first-order valence-electron chi connectivity index (χ1n) is 10.5. The van der Waals surface area contributed by atoms with E-state index in [-0.39, 0.29) is 22.9 Å². The van der Waals surface area contributed by atoms with Crippen molar-refractivity contribution in [1.29, 1.82) is 0 Å². The summed E-state index contributed by atoms with van der Waals surface area (Å²) in [7, 11) is 12.3. The summed E-state index contributed by atoms with van der Waals surface area (Å²) in [5.41, 5.74) is 1.84. The number of aromatic nitrogens is 3. The first-order valence-corrected chi connectivity index (χ1v) is 10.5. The Bertz CT molecular complexity index is 1390. The number of pyridine rings is 1. The van der Waals surface area contributed by atoms with Gasteiger partial charge in [0.2, 0.25) is 0 Å². The van der Waals surface area contributed by atoms with Crippen LogP contribution in [-0.2, 0) is 11.9 Å². The number of nitrogens with zero attached hydrogens (tertiary/aromatic N) is 4. The van der Waals surface area contributed by atoms with Gasteiger partial charge in [-0.1, -0.05) is 12.1 Å². The zero-order valence-electron chi connectivity index (χ0n) is 18.1. The Balaban J connectivity index is 1.54. The average Bonchev–Trinajstić information content (AvgIpc) is 3.29. The Morgan fingerprint density at radius 1 is 1.06 bits per heavy atom. The van der Waals surface area contributed by atoms with Crippen LogP contribution in [-0.4, -0.2) is 41.3 Å². The van der Waals surface area contributed by atoms with Crippen LogP contribution in [0.4, 0.5) is 8.78 Å². The van der Waals surface area contributed by atoms with Gasteiger partial charge < -0.3 is 4.90 Å². The monoisotopic (exact) mass is 438 g/mol. The van der Waals surface area contributed by atoms with Crippen LogP contribution in [0.25, 0.3) is 22.0 Å². The molecular formula is C24H18B2F2N4O. The fourth-order valence-corrected chi connectivity index (χ4v) is 4.19. The molecule has 0 N–H and O–H groups in total. The lowest BCUT2D eigenvalue weighted by atomic mass is 9.59. The molecule has 3 heterocycles. The average molecular weight is 438 g/mol. The van der Waals surface area contributed by atoms with Crippen molar-refractivity contribution in [3.05, 3.63) is 83.3 Å². The van der Waals surface area contributed by atoms with Gasteiger partial charge in [0.15, 0.2) is 0 Å². The number of fused-ring (bicyclic) bond motifs is 2. The molecule has 4 radical (unpaired) electrons. The smallest absolute Gasteiger partial charge is 0.255 e. The highest BCUT2D eigenvalue weighted by atomic mass is 19.1. The fourth-order valence-electron chi connectivity index (χ4n) is 4.19. The standard InChI is InChI=1S/C24H18B2F2N4O/c1-13(2)32-12-17-15(5-3-7-21(17)30-32)14-9-19(27)18(20(28)10-14)11-31-23(33)16-6-4-8-29-22(16)24(31,25)26/h3-10,12-13H,11H2,1-2H3. The van der Waals surface area contributed by atoms with Gasteiger partial charge in [0.25, 0.3) is 5.91 Å². The molecule has 5 rings (SSSR count). The topological polar surface area (TPSA) is 51.0 Å². The van der Waals surface area contributed by atoms with E-state index in [4.69, 9.17) is 15.7 Å². The lowest BCUT2D eigenvalue weighted by Gasteiger charge is -2.33. The number of carbonyl (C=O) groups is 1. The Kier molecular flexibility index (Phi) is 4.88. The molecule has 4 aromatic rings. The number of rotatable bonds is 4. The summed E-state index contributed by atoms with van der Waals surface area (Å²) < 4.78 is 32.2. The second kappa shape index (κ2) is 7.54. The molecule has 0 saturated heterocycles. The van der Waals surface area contributed by atoms with Gasteiger partial charge in [-0.3, -0.25) is 14.5 Å². The zero-order valence-corrected chi connectivity index (χ0v) is 18.1. The van der Waals surface area contributed by atoms with Crippen LogP contribution in [0.15, 0.2) is 54.9 Å². The quantitative estimate of drug-likeness (QED) is 0.452. The molecule has 0 saturated carbocycles. The van der Waals surface area contributed by atoms with E-state index in [0.717, 1.165) is 15.8 Å².